The molecule has 3 nitrogen and oxygen atoms in total. The number of aliphatic hydroxyl groups is 2. The number of aliphatic hydroxyl groups excluding tert-OH is 2. The maximum Gasteiger partial charge on any atom is 0.213 e. The van der Waals surface area contributed by atoms with E-state index in [-0.39, 0.29) is 15.9 Å². The molecule has 0 spiro atoms. The maximum absolute atomic E-state index is 12.7. The minimum absolute atomic E-state index is 0.124. The second-order valence-corrected chi connectivity index (χ2v) is 3.75. The van der Waals surface area contributed by atoms with Crippen molar-refractivity contribution in [3.63, 3.8) is 0 Å². The molecule has 1 heterocycles. The molecular weight excluding hydrogens is 276 g/mol. The minimum Gasteiger partial charge on any atom is -0.389 e. The van der Waals surface area contributed by atoms with Crippen molar-refractivity contribution in [1.29, 1.82) is 0 Å². The Hall–Kier alpha value is -0.230. The molecule has 1 aromatic heterocycles. The number of alkyl halides is 1. The summed E-state index contributed by atoms with van der Waals surface area (Å²) in [6.07, 6.45) is -1.16. The lowest BCUT2D eigenvalue weighted by Gasteiger charge is -2.16. The van der Waals surface area contributed by atoms with Gasteiger partial charge < -0.3 is 10.2 Å². The van der Waals surface area contributed by atoms with Crippen LogP contribution in [0.5, 0.6) is 0 Å². The van der Waals surface area contributed by atoms with Gasteiger partial charge in [-0.3, -0.25) is 0 Å². The highest BCUT2D eigenvalue weighted by atomic mass is 79.9. The molecule has 0 saturated carbocycles. The van der Waals surface area contributed by atoms with E-state index in [0.29, 0.717) is 0 Å². The van der Waals surface area contributed by atoms with Crippen molar-refractivity contribution in [2.24, 2.45) is 0 Å². The molecule has 0 bridgehead atoms. The van der Waals surface area contributed by atoms with Crippen LogP contribution < -0.4 is 0 Å². The van der Waals surface area contributed by atoms with Crippen LogP contribution in [0.4, 0.5) is 4.39 Å². The summed E-state index contributed by atoms with van der Waals surface area (Å²) < 4.78 is 12.7. The van der Waals surface area contributed by atoms with Gasteiger partial charge >= 0.3 is 0 Å². The van der Waals surface area contributed by atoms with E-state index in [2.05, 4.69) is 20.9 Å². The van der Waals surface area contributed by atoms with Crippen LogP contribution in [0.1, 0.15) is 11.7 Å². The largest absolute Gasteiger partial charge is 0.389 e. The fourth-order valence-corrected chi connectivity index (χ4v) is 1.51. The fourth-order valence-electron chi connectivity index (χ4n) is 0.946. The number of rotatable bonds is 3. The first kappa shape index (κ1) is 11.8. The van der Waals surface area contributed by atoms with Crippen LogP contribution in [-0.2, 0) is 0 Å². The van der Waals surface area contributed by atoms with Gasteiger partial charge in [-0.25, -0.2) is 4.98 Å². The highest BCUT2D eigenvalue weighted by Gasteiger charge is 2.20. The lowest BCUT2D eigenvalue weighted by Crippen LogP contribution is -2.20. The third-order valence-corrected chi connectivity index (χ3v) is 2.67. The van der Waals surface area contributed by atoms with Crippen molar-refractivity contribution in [1.82, 2.24) is 4.98 Å². The van der Waals surface area contributed by atoms with Gasteiger partial charge in [0.2, 0.25) is 5.95 Å². The zero-order valence-corrected chi connectivity index (χ0v) is 9.33. The smallest absolute Gasteiger partial charge is 0.213 e. The average molecular weight is 285 g/mol. The summed E-state index contributed by atoms with van der Waals surface area (Å²) in [7, 11) is 0. The van der Waals surface area contributed by atoms with E-state index in [1.54, 1.807) is 0 Å². The molecule has 0 aliphatic heterocycles. The van der Waals surface area contributed by atoms with Crippen LogP contribution in [0.25, 0.3) is 0 Å². The van der Waals surface area contributed by atoms with Crippen LogP contribution in [0.3, 0.4) is 0 Å². The van der Waals surface area contributed by atoms with Crippen molar-refractivity contribution in [3.8, 4) is 0 Å². The Morgan fingerprint density at radius 1 is 1.57 bits per heavy atom. The van der Waals surface area contributed by atoms with E-state index in [4.69, 9.17) is 11.6 Å². The maximum atomic E-state index is 12.7. The van der Waals surface area contributed by atoms with E-state index in [1.165, 1.54) is 0 Å². The monoisotopic (exact) mass is 283 g/mol. The summed E-state index contributed by atoms with van der Waals surface area (Å²) >= 11 is 8.67. The Morgan fingerprint density at radius 2 is 2.21 bits per heavy atom. The minimum atomic E-state index is -1.22. The third-order valence-electron chi connectivity index (χ3n) is 1.69. The van der Waals surface area contributed by atoms with Crippen molar-refractivity contribution in [2.45, 2.75) is 12.2 Å². The first-order valence-electron chi connectivity index (χ1n) is 3.79. The van der Waals surface area contributed by atoms with Crippen LogP contribution >= 0.6 is 27.5 Å². The number of hydrogen-bond acceptors (Lipinski definition) is 3. The molecule has 14 heavy (non-hydrogen) atoms. The number of halogens is 3. The summed E-state index contributed by atoms with van der Waals surface area (Å²) in [5.74, 6) is -0.745. The highest BCUT2D eigenvalue weighted by Crippen LogP contribution is 2.25. The van der Waals surface area contributed by atoms with Crippen LogP contribution in [0, 0.1) is 5.95 Å². The van der Waals surface area contributed by atoms with Gasteiger partial charge in [0.1, 0.15) is 6.10 Å². The van der Waals surface area contributed by atoms with Gasteiger partial charge in [0, 0.05) is 23.2 Å². The SMILES string of the molecule is OC(CBr)C(O)c1cc(F)ncc1Cl. The molecule has 0 aliphatic carbocycles. The van der Waals surface area contributed by atoms with Crippen LogP contribution in [-0.4, -0.2) is 26.6 Å². The molecule has 1 aromatic rings. The molecule has 2 atom stereocenters. The first-order valence-corrected chi connectivity index (χ1v) is 5.29. The van der Waals surface area contributed by atoms with Crippen LogP contribution in [0.2, 0.25) is 5.02 Å². The normalized spacial score (nSPS) is 15.2. The number of aromatic nitrogens is 1. The van der Waals surface area contributed by atoms with Crippen LogP contribution in [0.15, 0.2) is 12.3 Å². The van der Waals surface area contributed by atoms with Gasteiger partial charge in [0.25, 0.3) is 0 Å². The van der Waals surface area contributed by atoms with Gasteiger partial charge in [-0.2, -0.15) is 4.39 Å². The summed E-state index contributed by atoms with van der Waals surface area (Å²) in [6.45, 7) is 0. The molecule has 2 unspecified atom stereocenters. The summed E-state index contributed by atoms with van der Waals surface area (Å²) in [5.41, 5.74) is 0.131. The lowest BCUT2D eigenvalue weighted by molar-refractivity contribution is 0.0341. The summed E-state index contributed by atoms with van der Waals surface area (Å²) in [5, 5.41) is 19.1. The fraction of sp³-hybridized carbons (Fsp3) is 0.375. The molecule has 0 amide bonds. The van der Waals surface area contributed by atoms with Crippen molar-refractivity contribution in [3.05, 3.63) is 28.8 Å². The molecule has 1 rings (SSSR count). The molecule has 6 heteroatoms. The first-order chi connectivity index (χ1) is 6.56. The summed E-state index contributed by atoms with van der Waals surface area (Å²) in [4.78, 5) is 3.30. The Morgan fingerprint density at radius 3 is 2.79 bits per heavy atom. The van der Waals surface area contributed by atoms with E-state index >= 15 is 0 Å². The van der Waals surface area contributed by atoms with Crippen molar-refractivity contribution >= 4 is 27.5 Å². The van der Waals surface area contributed by atoms with Gasteiger partial charge in [-0.05, 0) is 0 Å². The molecule has 78 valence electrons. The van der Waals surface area contributed by atoms with Crippen molar-refractivity contribution < 1.29 is 14.6 Å². The standard InChI is InChI=1S/C8H8BrClFNO2/c9-2-6(13)8(14)4-1-7(11)12-3-5(4)10/h1,3,6,8,13-14H,2H2. The molecule has 0 fully saturated rings. The van der Waals surface area contributed by atoms with Gasteiger partial charge in [0.05, 0.1) is 11.1 Å². The van der Waals surface area contributed by atoms with Crippen molar-refractivity contribution in [2.75, 3.05) is 5.33 Å². The Kier molecular flexibility index (Phi) is 4.25. The zero-order chi connectivity index (χ0) is 10.7. The van der Waals surface area contributed by atoms with Gasteiger partial charge in [0.15, 0.2) is 0 Å². The highest BCUT2D eigenvalue weighted by molar-refractivity contribution is 9.09. The molecule has 0 radical (unpaired) electrons. The zero-order valence-electron chi connectivity index (χ0n) is 6.99. The Labute approximate surface area is 93.7 Å². The van der Waals surface area contributed by atoms with E-state index < -0.39 is 18.2 Å². The molecule has 0 aliphatic rings. The molecular formula is C8H8BrClFNO2. The Balaban J connectivity index is 2.99. The summed E-state index contributed by atoms with van der Waals surface area (Å²) in [6, 6.07) is 0.999. The number of pyridine rings is 1. The third kappa shape index (κ3) is 2.63. The van der Waals surface area contributed by atoms with E-state index in [9.17, 15) is 14.6 Å². The number of hydrogen-bond donors (Lipinski definition) is 2. The lowest BCUT2D eigenvalue weighted by atomic mass is 10.1. The van der Waals surface area contributed by atoms with Gasteiger partial charge in [-0.15, -0.1) is 0 Å². The molecule has 2 N–H and O–H groups in total. The van der Waals surface area contributed by atoms with E-state index in [0.717, 1.165) is 12.3 Å². The molecule has 0 aromatic carbocycles. The molecule has 0 saturated heterocycles. The Bertz CT molecular complexity index is 326. The number of nitrogens with zero attached hydrogens (tertiary/aromatic N) is 1. The quantitative estimate of drug-likeness (QED) is 0.656. The predicted octanol–water partition coefficient (Wildman–Crippen LogP) is 1.66. The second kappa shape index (κ2) is 5.02. The topological polar surface area (TPSA) is 53.4 Å². The van der Waals surface area contributed by atoms with Gasteiger partial charge in [-0.1, -0.05) is 27.5 Å². The average Bonchev–Trinajstić information content (AvgIpc) is 2.19. The van der Waals surface area contributed by atoms with E-state index in [1.807, 2.05) is 0 Å². The predicted molar refractivity (Wildman–Crippen MR) is 54.0 cm³/mol. The second-order valence-electron chi connectivity index (χ2n) is 2.70.